The van der Waals surface area contributed by atoms with Gasteiger partial charge in [-0.15, -0.1) is 0 Å². The second kappa shape index (κ2) is 6.47. The first-order chi connectivity index (χ1) is 8.58. The van der Waals surface area contributed by atoms with Crippen LogP contribution in [0, 0.1) is 5.41 Å². The first-order valence-electron chi connectivity index (χ1n) is 6.44. The van der Waals surface area contributed by atoms with Crippen molar-refractivity contribution in [2.75, 3.05) is 32.9 Å². The molecule has 106 valence electrons. The lowest BCUT2D eigenvalue weighted by Gasteiger charge is -2.34. The van der Waals surface area contributed by atoms with Crippen molar-refractivity contribution < 1.29 is 20.1 Å². The fourth-order valence-corrected chi connectivity index (χ4v) is 2.39. The summed E-state index contributed by atoms with van der Waals surface area (Å²) in [5.41, 5.74) is -1.82. The van der Waals surface area contributed by atoms with Crippen molar-refractivity contribution in [1.82, 2.24) is 10.6 Å². The largest absolute Gasteiger partial charge is 0.394 e. The summed E-state index contributed by atoms with van der Waals surface area (Å²) in [4.78, 5) is 12.4. The minimum atomic E-state index is -1.33. The number of aliphatic hydroxyl groups excluding tert-OH is 3. The molecular formula is C12H24N2O4. The van der Waals surface area contributed by atoms with Crippen LogP contribution in [0.5, 0.6) is 0 Å². The van der Waals surface area contributed by atoms with Crippen LogP contribution in [0.4, 0.5) is 0 Å². The average molecular weight is 260 g/mol. The summed E-state index contributed by atoms with van der Waals surface area (Å²) < 4.78 is 0. The predicted molar refractivity (Wildman–Crippen MR) is 67.0 cm³/mol. The van der Waals surface area contributed by atoms with Gasteiger partial charge in [0.1, 0.15) is 5.54 Å². The van der Waals surface area contributed by atoms with E-state index in [1.807, 2.05) is 6.92 Å². The maximum absolute atomic E-state index is 12.4. The number of hydrogen-bond donors (Lipinski definition) is 5. The second-order valence-electron chi connectivity index (χ2n) is 5.17. The van der Waals surface area contributed by atoms with E-state index < -0.39 is 30.8 Å². The van der Waals surface area contributed by atoms with E-state index in [1.54, 1.807) is 0 Å². The van der Waals surface area contributed by atoms with Gasteiger partial charge in [-0.05, 0) is 19.4 Å². The van der Waals surface area contributed by atoms with Gasteiger partial charge in [-0.2, -0.15) is 0 Å². The highest BCUT2D eigenvalue weighted by Gasteiger charge is 2.43. The number of carbonyl (C=O) groups excluding carboxylic acids is 1. The van der Waals surface area contributed by atoms with E-state index in [-0.39, 0.29) is 5.91 Å². The van der Waals surface area contributed by atoms with Crippen molar-refractivity contribution in [3.8, 4) is 0 Å². The number of aliphatic hydroxyl groups is 3. The Labute approximate surface area is 107 Å². The van der Waals surface area contributed by atoms with E-state index in [0.29, 0.717) is 6.54 Å². The van der Waals surface area contributed by atoms with E-state index in [4.69, 9.17) is 0 Å². The summed E-state index contributed by atoms with van der Waals surface area (Å²) in [5.74, 6) is -0.202. The number of nitrogens with one attached hydrogen (secondary N) is 2. The molecule has 1 unspecified atom stereocenters. The zero-order valence-electron chi connectivity index (χ0n) is 10.9. The Hall–Kier alpha value is -0.690. The van der Waals surface area contributed by atoms with Crippen molar-refractivity contribution in [2.45, 2.75) is 31.7 Å². The third-order valence-electron chi connectivity index (χ3n) is 3.74. The molecule has 0 aromatic rings. The zero-order chi connectivity index (χ0) is 13.6. The van der Waals surface area contributed by atoms with Gasteiger partial charge in [0.15, 0.2) is 0 Å². The topological polar surface area (TPSA) is 102 Å². The summed E-state index contributed by atoms with van der Waals surface area (Å²) in [6, 6.07) is 0. The second-order valence-corrected chi connectivity index (χ2v) is 5.17. The lowest BCUT2D eigenvalue weighted by Crippen LogP contribution is -2.60. The molecule has 6 nitrogen and oxygen atoms in total. The Bertz CT molecular complexity index is 265. The average Bonchev–Trinajstić information content (AvgIpc) is 2.86. The number of carbonyl (C=O) groups is 1. The molecule has 1 rings (SSSR count). The fraction of sp³-hybridized carbons (Fsp3) is 0.917. The lowest BCUT2D eigenvalue weighted by molar-refractivity contribution is -0.135. The highest BCUT2D eigenvalue weighted by molar-refractivity contribution is 5.84. The van der Waals surface area contributed by atoms with Crippen LogP contribution in [-0.4, -0.2) is 59.7 Å². The Balaban J connectivity index is 2.78. The molecule has 0 aromatic carbocycles. The number of rotatable bonds is 7. The number of hydrogen-bond acceptors (Lipinski definition) is 5. The van der Waals surface area contributed by atoms with Crippen LogP contribution in [0.2, 0.25) is 0 Å². The normalized spacial score (nSPS) is 24.2. The molecule has 1 heterocycles. The minimum absolute atomic E-state index is 0.202. The summed E-state index contributed by atoms with van der Waals surface area (Å²) in [6.45, 7) is 1.96. The smallest absolute Gasteiger partial charge is 0.228 e. The molecule has 0 spiro atoms. The van der Waals surface area contributed by atoms with Crippen molar-refractivity contribution in [3.63, 3.8) is 0 Å². The van der Waals surface area contributed by atoms with Gasteiger partial charge in [-0.1, -0.05) is 13.3 Å². The molecule has 1 aliphatic rings. The van der Waals surface area contributed by atoms with Crippen molar-refractivity contribution in [3.05, 3.63) is 0 Å². The Morgan fingerprint density at radius 3 is 2.33 bits per heavy atom. The predicted octanol–water partition coefficient (Wildman–Crippen LogP) is -1.40. The molecule has 0 radical (unpaired) electrons. The Morgan fingerprint density at radius 1 is 1.33 bits per heavy atom. The minimum Gasteiger partial charge on any atom is -0.394 e. The van der Waals surface area contributed by atoms with E-state index in [1.165, 1.54) is 0 Å². The van der Waals surface area contributed by atoms with Gasteiger partial charge in [0.2, 0.25) is 5.91 Å². The van der Waals surface area contributed by atoms with E-state index >= 15 is 0 Å². The molecule has 0 saturated carbocycles. The van der Waals surface area contributed by atoms with Crippen LogP contribution in [0.15, 0.2) is 0 Å². The summed E-state index contributed by atoms with van der Waals surface area (Å²) >= 11 is 0. The van der Waals surface area contributed by atoms with Crippen molar-refractivity contribution >= 4 is 5.91 Å². The van der Waals surface area contributed by atoms with Crippen molar-refractivity contribution in [1.29, 1.82) is 0 Å². The summed E-state index contributed by atoms with van der Waals surface area (Å²) in [6.07, 6.45) is 2.38. The van der Waals surface area contributed by atoms with Crippen molar-refractivity contribution in [2.24, 2.45) is 5.41 Å². The molecule has 6 heteroatoms. The van der Waals surface area contributed by atoms with Gasteiger partial charge < -0.3 is 26.0 Å². The van der Waals surface area contributed by atoms with Crippen LogP contribution < -0.4 is 10.6 Å². The molecular weight excluding hydrogens is 236 g/mol. The highest BCUT2D eigenvalue weighted by Crippen LogP contribution is 2.31. The standard InChI is InChI=1S/C12H24N2O4/c1-2-3-11(4-5-13-6-11)10(18)14-12(7-15,8-16)9-17/h13,15-17H,2-9H2,1H3,(H,14,18). The molecule has 18 heavy (non-hydrogen) atoms. The molecule has 1 amide bonds. The van der Waals surface area contributed by atoms with Gasteiger partial charge in [0.25, 0.3) is 0 Å². The Kier molecular flexibility index (Phi) is 5.52. The summed E-state index contributed by atoms with van der Waals surface area (Å²) in [5, 5.41) is 33.5. The molecule has 1 saturated heterocycles. The third-order valence-corrected chi connectivity index (χ3v) is 3.74. The van der Waals surface area contributed by atoms with Crippen LogP contribution >= 0.6 is 0 Å². The maximum atomic E-state index is 12.4. The molecule has 0 aromatic heterocycles. The molecule has 1 fully saturated rings. The summed E-state index contributed by atoms with van der Waals surface area (Å²) in [7, 11) is 0. The SMILES string of the molecule is CCCC1(C(=O)NC(CO)(CO)CO)CCNC1. The van der Waals surface area contributed by atoms with Crippen LogP contribution in [0.3, 0.4) is 0 Å². The van der Waals surface area contributed by atoms with E-state index in [2.05, 4.69) is 10.6 Å². The first-order valence-corrected chi connectivity index (χ1v) is 6.44. The van der Waals surface area contributed by atoms with Crippen LogP contribution in [0.25, 0.3) is 0 Å². The van der Waals surface area contributed by atoms with E-state index in [0.717, 1.165) is 25.8 Å². The van der Waals surface area contributed by atoms with Gasteiger partial charge in [0.05, 0.1) is 25.2 Å². The molecule has 0 aliphatic carbocycles. The van der Waals surface area contributed by atoms with Gasteiger partial charge in [-0.25, -0.2) is 0 Å². The molecule has 1 aliphatic heterocycles. The Morgan fingerprint density at radius 2 is 1.94 bits per heavy atom. The van der Waals surface area contributed by atoms with Gasteiger partial charge >= 0.3 is 0 Å². The molecule has 1 atom stereocenters. The molecule has 0 bridgehead atoms. The number of amides is 1. The molecule has 5 N–H and O–H groups in total. The first kappa shape index (κ1) is 15.4. The zero-order valence-corrected chi connectivity index (χ0v) is 10.9. The lowest BCUT2D eigenvalue weighted by atomic mass is 9.80. The van der Waals surface area contributed by atoms with Crippen LogP contribution in [-0.2, 0) is 4.79 Å². The van der Waals surface area contributed by atoms with Gasteiger partial charge in [0, 0.05) is 6.54 Å². The third kappa shape index (κ3) is 3.00. The monoisotopic (exact) mass is 260 g/mol. The van der Waals surface area contributed by atoms with Gasteiger partial charge in [-0.3, -0.25) is 4.79 Å². The van der Waals surface area contributed by atoms with E-state index in [9.17, 15) is 20.1 Å². The maximum Gasteiger partial charge on any atom is 0.228 e. The fourth-order valence-electron chi connectivity index (χ4n) is 2.39. The quantitative estimate of drug-likeness (QED) is 0.387. The highest BCUT2D eigenvalue weighted by atomic mass is 16.3. The van der Waals surface area contributed by atoms with Crippen LogP contribution in [0.1, 0.15) is 26.2 Å².